The van der Waals surface area contributed by atoms with Crippen molar-refractivity contribution in [2.24, 2.45) is 0 Å². The molecule has 2 aliphatic heterocycles. The van der Waals surface area contributed by atoms with Crippen molar-refractivity contribution in [3.8, 4) is 5.75 Å². The van der Waals surface area contributed by atoms with Crippen LogP contribution in [0.1, 0.15) is 33.9 Å². The lowest BCUT2D eigenvalue weighted by atomic mass is 10.1. The van der Waals surface area contributed by atoms with E-state index < -0.39 is 0 Å². The van der Waals surface area contributed by atoms with Gasteiger partial charge >= 0.3 is 0 Å². The number of hydrogen-bond donors (Lipinski definition) is 1. The molecule has 1 aromatic carbocycles. The first-order valence-corrected chi connectivity index (χ1v) is 12.3. The van der Waals surface area contributed by atoms with Crippen LogP contribution in [0.25, 0.3) is 4.85 Å². The number of fused-ring (bicyclic) bond motifs is 1. The Kier molecular flexibility index (Phi) is 6.87. The summed E-state index contributed by atoms with van der Waals surface area (Å²) in [5.74, 6) is 0.759. The van der Waals surface area contributed by atoms with Crippen LogP contribution >= 0.6 is 11.6 Å². The number of nitrogens with one attached hydrogen (secondary N) is 1. The molecule has 2 aliphatic rings. The number of para-hydroxylation sites is 1. The number of anilines is 3. The zero-order chi connectivity index (χ0) is 26.1. The monoisotopic (exact) mass is 518 g/mol. The van der Waals surface area contributed by atoms with Crippen molar-refractivity contribution in [2.75, 3.05) is 44.6 Å². The van der Waals surface area contributed by atoms with Gasteiger partial charge < -0.3 is 29.4 Å². The number of carbonyl (C=O) groups excluding carboxylic acids is 1. The van der Waals surface area contributed by atoms with E-state index in [1.165, 1.54) is 0 Å². The molecule has 1 N–H and O–H groups in total. The van der Waals surface area contributed by atoms with E-state index >= 15 is 0 Å². The van der Waals surface area contributed by atoms with Gasteiger partial charge in [-0.05, 0) is 36.8 Å². The van der Waals surface area contributed by atoms with Crippen molar-refractivity contribution < 1.29 is 14.3 Å². The SMILES string of the molecule is [C-]#[N+]c1nc(Cc2cc(Nc3cccc(Cl)c3OC)c3c(n2)CN(C)C3=O)ccc1N1CC[C@H](OC)C1. The molecule has 37 heavy (non-hydrogen) atoms. The number of benzene rings is 1. The molecule has 0 spiro atoms. The van der Waals surface area contributed by atoms with Crippen LogP contribution in [0.5, 0.6) is 5.75 Å². The first-order chi connectivity index (χ1) is 17.9. The van der Waals surface area contributed by atoms with Crippen LogP contribution in [0.3, 0.4) is 0 Å². The molecule has 1 atom stereocenters. The summed E-state index contributed by atoms with van der Waals surface area (Å²) in [7, 11) is 5.02. The minimum absolute atomic E-state index is 0.102. The van der Waals surface area contributed by atoms with Crippen molar-refractivity contribution in [3.63, 3.8) is 0 Å². The van der Waals surface area contributed by atoms with E-state index in [9.17, 15) is 4.79 Å². The number of halogens is 1. The number of rotatable bonds is 7. The highest BCUT2D eigenvalue weighted by molar-refractivity contribution is 6.32. The maximum Gasteiger partial charge on any atom is 0.293 e. The van der Waals surface area contributed by atoms with Crippen molar-refractivity contribution in [1.82, 2.24) is 14.9 Å². The van der Waals surface area contributed by atoms with Gasteiger partial charge in [0.1, 0.15) is 5.69 Å². The fourth-order valence-corrected chi connectivity index (χ4v) is 5.13. The zero-order valence-corrected chi connectivity index (χ0v) is 21.7. The van der Waals surface area contributed by atoms with Crippen LogP contribution in [-0.4, -0.2) is 61.2 Å². The van der Waals surface area contributed by atoms with Crippen LogP contribution in [0.4, 0.5) is 22.9 Å². The number of hydrogen-bond acceptors (Lipinski definition) is 7. The number of amides is 1. The average Bonchev–Trinajstić information content (AvgIpc) is 3.48. The van der Waals surface area contributed by atoms with Gasteiger partial charge in [0.05, 0.1) is 65.2 Å². The molecule has 190 valence electrons. The van der Waals surface area contributed by atoms with Crippen LogP contribution < -0.4 is 15.0 Å². The number of nitrogens with zero attached hydrogens (tertiary/aromatic N) is 5. The van der Waals surface area contributed by atoms with Crippen molar-refractivity contribution in [2.45, 2.75) is 25.5 Å². The van der Waals surface area contributed by atoms with E-state index in [1.807, 2.05) is 30.3 Å². The molecule has 1 amide bonds. The second-order valence-corrected chi connectivity index (χ2v) is 9.52. The summed E-state index contributed by atoms with van der Waals surface area (Å²) < 4.78 is 10.9. The van der Waals surface area contributed by atoms with Crippen LogP contribution in [0, 0.1) is 6.57 Å². The smallest absolute Gasteiger partial charge is 0.293 e. The minimum atomic E-state index is -0.102. The second kappa shape index (κ2) is 10.2. The highest BCUT2D eigenvalue weighted by Crippen LogP contribution is 2.38. The van der Waals surface area contributed by atoms with E-state index in [4.69, 9.17) is 32.6 Å². The van der Waals surface area contributed by atoms with Crippen LogP contribution in [0.2, 0.25) is 5.02 Å². The lowest BCUT2D eigenvalue weighted by Gasteiger charge is -2.19. The number of pyridine rings is 2. The Bertz CT molecular complexity index is 1410. The maximum absolute atomic E-state index is 12.9. The Labute approximate surface area is 220 Å². The molecule has 1 saturated heterocycles. The summed E-state index contributed by atoms with van der Waals surface area (Å²) in [5, 5.41) is 3.80. The first kappa shape index (κ1) is 24.8. The Hall–Kier alpha value is -3.87. The predicted molar refractivity (Wildman–Crippen MR) is 142 cm³/mol. The molecular weight excluding hydrogens is 492 g/mol. The molecule has 0 aliphatic carbocycles. The third kappa shape index (κ3) is 4.78. The van der Waals surface area contributed by atoms with Gasteiger partial charge in [-0.15, -0.1) is 4.98 Å². The van der Waals surface area contributed by atoms with Crippen molar-refractivity contribution in [3.05, 3.63) is 75.5 Å². The molecule has 0 saturated carbocycles. The highest BCUT2D eigenvalue weighted by Gasteiger charge is 2.31. The summed E-state index contributed by atoms with van der Waals surface area (Å²) in [4.78, 5) is 29.8. The summed E-state index contributed by atoms with van der Waals surface area (Å²) in [6, 6.07) is 11.1. The Morgan fingerprint density at radius 2 is 2.03 bits per heavy atom. The van der Waals surface area contributed by atoms with Crippen molar-refractivity contribution in [1.29, 1.82) is 0 Å². The van der Waals surface area contributed by atoms with E-state index in [1.54, 1.807) is 32.2 Å². The lowest BCUT2D eigenvalue weighted by Crippen LogP contribution is -2.22. The molecule has 5 rings (SSSR count). The summed E-state index contributed by atoms with van der Waals surface area (Å²) >= 11 is 6.31. The van der Waals surface area contributed by atoms with Gasteiger partial charge in [0.2, 0.25) is 0 Å². The zero-order valence-electron chi connectivity index (χ0n) is 20.9. The Morgan fingerprint density at radius 1 is 1.19 bits per heavy atom. The largest absolute Gasteiger partial charge is 0.493 e. The fourth-order valence-electron chi connectivity index (χ4n) is 4.88. The molecule has 0 radical (unpaired) electrons. The maximum atomic E-state index is 12.9. The number of methoxy groups -OCH3 is 2. The molecule has 1 fully saturated rings. The van der Waals surface area contributed by atoms with E-state index in [2.05, 4.69) is 20.0 Å². The number of ether oxygens (including phenoxy) is 2. The molecule has 0 bridgehead atoms. The third-order valence-corrected chi connectivity index (χ3v) is 7.03. The summed E-state index contributed by atoms with van der Waals surface area (Å²) in [6.07, 6.45) is 1.50. The highest BCUT2D eigenvalue weighted by atomic mass is 35.5. The van der Waals surface area contributed by atoms with E-state index in [-0.39, 0.29) is 12.0 Å². The number of carbonyl (C=O) groups is 1. The Balaban J connectivity index is 1.47. The average molecular weight is 519 g/mol. The molecule has 4 heterocycles. The van der Waals surface area contributed by atoms with Crippen LogP contribution in [-0.2, 0) is 17.7 Å². The van der Waals surface area contributed by atoms with Gasteiger partial charge in [-0.2, -0.15) is 0 Å². The van der Waals surface area contributed by atoms with Gasteiger partial charge in [-0.25, -0.2) is 0 Å². The Morgan fingerprint density at radius 3 is 2.76 bits per heavy atom. The standard InChI is InChI=1S/C27H27ClN6O3/c1-29-26-23(34-11-10-18(14-34)36-3)9-8-16(31-26)12-17-13-21(24-22(30-17)15-33(2)27(24)35)32-20-7-5-6-19(28)25(20)37-4/h5-9,13,18H,10-12,14-15H2,2-4H3,(H,30,32)/t18-/m0/s1. The van der Waals surface area contributed by atoms with Crippen molar-refractivity contribution >= 4 is 40.4 Å². The van der Waals surface area contributed by atoms with Gasteiger partial charge in [0.15, 0.2) is 5.75 Å². The molecule has 0 unspecified atom stereocenters. The second-order valence-electron chi connectivity index (χ2n) is 9.12. The van der Waals surface area contributed by atoms with Gasteiger partial charge in [0, 0.05) is 27.2 Å². The quantitative estimate of drug-likeness (QED) is 0.448. The fraction of sp³-hybridized carbons (Fsp3) is 0.333. The summed E-state index contributed by atoms with van der Waals surface area (Å²) in [5.41, 5.74) is 4.78. The topological polar surface area (TPSA) is 84.2 Å². The minimum Gasteiger partial charge on any atom is -0.493 e. The predicted octanol–water partition coefficient (Wildman–Crippen LogP) is 4.83. The molecule has 10 heteroatoms. The lowest BCUT2D eigenvalue weighted by molar-refractivity contribution is 0.0817. The first-order valence-electron chi connectivity index (χ1n) is 11.9. The van der Waals surface area contributed by atoms with E-state index in [0.29, 0.717) is 52.2 Å². The molecule has 9 nitrogen and oxygen atoms in total. The summed E-state index contributed by atoms with van der Waals surface area (Å²) in [6.45, 7) is 9.69. The number of aromatic nitrogens is 2. The van der Waals surface area contributed by atoms with Crippen LogP contribution in [0.15, 0.2) is 36.4 Å². The molecular formula is C27H27ClN6O3. The van der Waals surface area contributed by atoms with E-state index in [0.717, 1.165) is 36.6 Å². The van der Waals surface area contributed by atoms with Gasteiger partial charge in [-0.1, -0.05) is 24.2 Å². The molecule has 3 aromatic rings. The molecule has 2 aromatic heterocycles. The normalized spacial score (nSPS) is 16.6. The third-order valence-electron chi connectivity index (χ3n) is 6.73. The van der Waals surface area contributed by atoms with Gasteiger partial charge in [-0.3, -0.25) is 9.78 Å². The van der Waals surface area contributed by atoms with Gasteiger partial charge in [0.25, 0.3) is 11.7 Å².